The van der Waals surface area contributed by atoms with Crippen molar-refractivity contribution in [1.82, 2.24) is 0 Å². The van der Waals surface area contributed by atoms with Crippen molar-refractivity contribution < 1.29 is 9.90 Å². The lowest BCUT2D eigenvalue weighted by Gasteiger charge is -2.05. The van der Waals surface area contributed by atoms with Gasteiger partial charge in [-0.2, -0.15) is 0 Å². The van der Waals surface area contributed by atoms with E-state index in [0.717, 1.165) is 10.8 Å². The Bertz CT molecular complexity index is 1150. The molecule has 3 nitrogen and oxygen atoms in total. The highest BCUT2D eigenvalue weighted by molar-refractivity contribution is 6.09. The van der Waals surface area contributed by atoms with E-state index >= 15 is 0 Å². The number of benzene rings is 4. The van der Waals surface area contributed by atoms with Gasteiger partial charge >= 0.3 is 0 Å². The maximum atomic E-state index is 12.6. The lowest BCUT2D eigenvalue weighted by Crippen LogP contribution is -2.00. The van der Waals surface area contributed by atoms with Crippen LogP contribution in [0.2, 0.25) is 0 Å². The third-order valence-electron chi connectivity index (χ3n) is 4.43. The molecule has 0 aliphatic rings. The van der Waals surface area contributed by atoms with Crippen molar-refractivity contribution in [2.45, 2.75) is 0 Å². The van der Waals surface area contributed by atoms with Crippen LogP contribution in [0, 0.1) is 0 Å². The van der Waals surface area contributed by atoms with Crippen LogP contribution in [0.4, 0.5) is 5.69 Å². The molecule has 3 heteroatoms. The van der Waals surface area contributed by atoms with Crippen LogP contribution in [0.25, 0.3) is 10.8 Å². The summed E-state index contributed by atoms with van der Waals surface area (Å²) in [6.45, 7) is 0. The highest BCUT2D eigenvalue weighted by Gasteiger charge is 2.09. The second-order valence-electron chi connectivity index (χ2n) is 6.22. The highest BCUT2D eigenvalue weighted by Crippen LogP contribution is 2.26. The maximum absolute atomic E-state index is 12.6. The highest BCUT2D eigenvalue weighted by atomic mass is 16.3. The number of rotatable bonds is 4. The first kappa shape index (κ1) is 16.7. The van der Waals surface area contributed by atoms with Crippen molar-refractivity contribution in [1.29, 1.82) is 0 Å². The Labute approximate surface area is 157 Å². The fourth-order valence-corrected chi connectivity index (χ4v) is 3.04. The van der Waals surface area contributed by atoms with E-state index in [1.807, 2.05) is 60.7 Å². The Balaban J connectivity index is 1.68. The number of phenols is 1. The molecule has 0 radical (unpaired) electrons. The number of hydrogen-bond donors (Lipinski definition) is 1. The number of carbonyl (C=O) groups excluding carboxylic acids is 1. The number of ketones is 1. The molecule has 0 aromatic heterocycles. The van der Waals surface area contributed by atoms with E-state index in [1.165, 1.54) is 0 Å². The first-order valence-electron chi connectivity index (χ1n) is 8.67. The van der Waals surface area contributed by atoms with Gasteiger partial charge in [0.2, 0.25) is 0 Å². The van der Waals surface area contributed by atoms with E-state index < -0.39 is 0 Å². The zero-order chi connectivity index (χ0) is 18.6. The predicted molar refractivity (Wildman–Crippen MR) is 109 cm³/mol. The molecule has 4 rings (SSSR count). The van der Waals surface area contributed by atoms with Crippen molar-refractivity contribution in [2.24, 2.45) is 4.99 Å². The zero-order valence-corrected chi connectivity index (χ0v) is 14.5. The van der Waals surface area contributed by atoms with Gasteiger partial charge in [-0.3, -0.25) is 9.79 Å². The summed E-state index contributed by atoms with van der Waals surface area (Å²) in [4.78, 5) is 17.1. The van der Waals surface area contributed by atoms with Crippen LogP contribution in [0.3, 0.4) is 0 Å². The summed E-state index contributed by atoms with van der Waals surface area (Å²) in [5, 5.41) is 12.2. The molecule has 0 amide bonds. The molecule has 130 valence electrons. The van der Waals surface area contributed by atoms with Gasteiger partial charge in [-0.05, 0) is 29.0 Å². The van der Waals surface area contributed by atoms with Crippen molar-refractivity contribution >= 4 is 28.5 Å². The van der Waals surface area contributed by atoms with Crippen LogP contribution in [0.5, 0.6) is 5.75 Å². The standard InChI is InChI=1S/C24H17NO2/c26-23-14-13-17-7-4-5-12-21(17)22(23)16-25-20-11-6-10-19(15-20)24(27)18-8-2-1-3-9-18/h1-16,26H. The number of carbonyl (C=O) groups is 1. The molecule has 0 aliphatic carbocycles. The first-order valence-corrected chi connectivity index (χ1v) is 8.67. The van der Waals surface area contributed by atoms with Crippen molar-refractivity contribution in [3.63, 3.8) is 0 Å². The van der Waals surface area contributed by atoms with Crippen LogP contribution >= 0.6 is 0 Å². The molecule has 0 spiro atoms. The molecular weight excluding hydrogens is 334 g/mol. The molecule has 0 heterocycles. The van der Waals surface area contributed by atoms with Gasteiger partial charge in [0, 0.05) is 22.9 Å². The molecule has 0 aliphatic heterocycles. The van der Waals surface area contributed by atoms with E-state index in [0.29, 0.717) is 22.4 Å². The zero-order valence-electron chi connectivity index (χ0n) is 14.5. The average Bonchev–Trinajstić information content (AvgIpc) is 2.73. The average molecular weight is 351 g/mol. The molecule has 0 saturated heterocycles. The van der Waals surface area contributed by atoms with E-state index in [-0.39, 0.29) is 11.5 Å². The first-order chi connectivity index (χ1) is 13.2. The largest absolute Gasteiger partial charge is 0.507 e. The SMILES string of the molecule is O=C(c1ccccc1)c1cccc(N=Cc2c(O)ccc3ccccc23)c1. The summed E-state index contributed by atoms with van der Waals surface area (Å²) in [5.74, 6) is 0.134. The summed E-state index contributed by atoms with van der Waals surface area (Å²) in [6.07, 6.45) is 1.64. The summed E-state index contributed by atoms with van der Waals surface area (Å²) in [6, 6.07) is 27.7. The van der Waals surface area contributed by atoms with E-state index in [1.54, 1.807) is 36.5 Å². The Morgan fingerprint density at radius 3 is 2.37 bits per heavy atom. The summed E-state index contributed by atoms with van der Waals surface area (Å²) in [7, 11) is 0. The van der Waals surface area contributed by atoms with E-state index in [2.05, 4.69) is 4.99 Å². The minimum absolute atomic E-state index is 0.0411. The van der Waals surface area contributed by atoms with Gasteiger partial charge < -0.3 is 5.11 Å². The Morgan fingerprint density at radius 1 is 0.778 bits per heavy atom. The molecule has 27 heavy (non-hydrogen) atoms. The van der Waals surface area contributed by atoms with Crippen LogP contribution in [0.15, 0.2) is 96.0 Å². The van der Waals surface area contributed by atoms with Crippen molar-refractivity contribution in [2.75, 3.05) is 0 Å². The van der Waals surface area contributed by atoms with Gasteiger partial charge in [-0.15, -0.1) is 0 Å². The van der Waals surface area contributed by atoms with E-state index in [9.17, 15) is 9.90 Å². The van der Waals surface area contributed by atoms with Crippen LogP contribution in [0.1, 0.15) is 21.5 Å². The third-order valence-corrected chi connectivity index (χ3v) is 4.43. The molecule has 4 aromatic carbocycles. The van der Waals surface area contributed by atoms with Crippen LogP contribution in [-0.4, -0.2) is 17.1 Å². The van der Waals surface area contributed by atoms with Gasteiger partial charge in [0.25, 0.3) is 0 Å². The van der Waals surface area contributed by atoms with Gasteiger partial charge in [-0.1, -0.05) is 72.8 Å². The summed E-state index contributed by atoms with van der Waals surface area (Å²) >= 11 is 0. The lowest BCUT2D eigenvalue weighted by atomic mass is 10.0. The fraction of sp³-hybridized carbons (Fsp3) is 0. The maximum Gasteiger partial charge on any atom is 0.193 e. The second-order valence-corrected chi connectivity index (χ2v) is 6.22. The van der Waals surface area contributed by atoms with Crippen molar-refractivity contribution in [3.8, 4) is 5.75 Å². The number of fused-ring (bicyclic) bond motifs is 1. The lowest BCUT2D eigenvalue weighted by molar-refractivity contribution is 0.103. The Morgan fingerprint density at radius 2 is 1.52 bits per heavy atom. The van der Waals surface area contributed by atoms with Crippen molar-refractivity contribution in [3.05, 3.63) is 108 Å². The van der Waals surface area contributed by atoms with Crippen LogP contribution < -0.4 is 0 Å². The number of nitrogens with zero attached hydrogens (tertiary/aromatic N) is 1. The second kappa shape index (κ2) is 7.26. The number of aliphatic imine (C=N–C) groups is 1. The van der Waals surface area contributed by atoms with Crippen LogP contribution in [-0.2, 0) is 0 Å². The molecule has 1 N–H and O–H groups in total. The minimum Gasteiger partial charge on any atom is -0.507 e. The quantitative estimate of drug-likeness (QED) is 0.388. The molecular formula is C24H17NO2. The van der Waals surface area contributed by atoms with Gasteiger partial charge in [-0.25, -0.2) is 0 Å². The van der Waals surface area contributed by atoms with Gasteiger partial charge in [0.1, 0.15) is 5.75 Å². The molecule has 0 atom stereocenters. The third kappa shape index (κ3) is 3.48. The summed E-state index contributed by atoms with van der Waals surface area (Å²) in [5.41, 5.74) is 2.54. The number of hydrogen-bond acceptors (Lipinski definition) is 3. The van der Waals surface area contributed by atoms with Gasteiger partial charge in [0.15, 0.2) is 5.78 Å². The van der Waals surface area contributed by atoms with E-state index in [4.69, 9.17) is 0 Å². The molecule has 0 fully saturated rings. The Kier molecular flexibility index (Phi) is 4.50. The number of phenolic OH excluding ortho intramolecular Hbond substituents is 1. The molecule has 0 bridgehead atoms. The minimum atomic E-state index is -0.0411. The molecule has 4 aromatic rings. The smallest absolute Gasteiger partial charge is 0.193 e. The monoisotopic (exact) mass is 351 g/mol. The number of aromatic hydroxyl groups is 1. The normalized spacial score (nSPS) is 11.1. The molecule has 0 saturated carbocycles. The fourth-order valence-electron chi connectivity index (χ4n) is 3.04. The summed E-state index contributed by atoms with van der Waals surface area (Å²) < 4.78 is 0. The predicted octanol–water partition coefficient (Wildman–Crippen LogP) is 5.53. The Hall–Kier alpha value is -3.72. The molecule has 0 unspecified atom stereocenters. The topological polar surface area (TPSA) is 49.7 Å². The van der Waals surface area contributed by atoms with Gasteiger partial charge in [0.05, 0.1) is 5.69 Å².